The molecule has 1 atom stereocenters. The molecule has 2 rings (SSSR count). The summed E-state index contributed by atoms with van der Waals surface area (Å²) in [6, 6.07) is 5.13. The lowest BCUT2D eigenvalue weighted by molar-refractivity contribution is 0.198. The Balaban J connectivity index is 1.87. The number of amides is 2. The Bertz CT molecular complexity index is 465. The number of carbonyl (C=O) groups is 1. The van der Waals surface area contributed by atoms with Crippen molar-refractivity contribution in [3.63, 3.8) is 0 Å². The summed E-state index contributed by atoms with van der Waals surface area (Å²) in [5.41, 5.74) is 0.747. The highest BCUT2D eigenvalue weighted by atomic mass is 35.5. The van der Waals surface area contributed by atoms with Crippen molar-refractivity contribution in [3.8, 4) is 5.75 Å². The number of rotatable bonds is 5. The molecule has 1 aliphatic heterocycles. The van der Waals surface area contributed by atoms with Gasteiger partial charge in [0.25, 0.3) is 0 Å². The van der Waals surface area contributed by atoms with Gasteiger partial charge in [0.1, 0.15) is 12.4 Å². The molecule has 0 radical (unpaired) electrons. The lowest BCUT2D eigenvalue weighted by atomic mass is 10.1. The standard InChI is InChI=1S/C13H17ClN2O3/c1-9(17)10-2-3-12(11(14)8-10)19-7-6-16-5-4-15-13(16)18/h2-3,8-9,17H,4-7H2,1H3,(H,15,18)/t9-/m1/s1. The van der Waals surface area contributed by atoms with E-state index in [-0.39, 0.29) is 6.03 Å². The zero-order valence-electron chi connectivity index (χ0n) is 10.7. The van der Waals surface area contributed by atoms with Gasteiger partial charge in [0.15, 0.2) is 0 Å². The van der Waals surface area contributed by atoms with Crippen LogP contribution in [0.3, 0.4) is 0 Å². The molecule has 2 amide bonds. The second kappa shape index (κ2) is 6.12. The predicted molar refractivity (Wildman–Crippen MR) is 72.6 cm³/mol. The number of halogens is 1. The minimum atomic E-state index is -0.556. The molecular formula is C13H17ClN2O3. The van der Waals surface area contributed by atoms with Crippen molar-refractivity contribution in [3.05, 3.63) is 28.8 Å². The summed E-state index contributed by atoms with van der Waals surface area (Å²) in [6.07, 6.45) is -0.556. The fraction of sp³-hybridized carbons (Fsp3) is 0.462. The van der Waals surface area contributed by atoms with Gasteiger partial charge < -0.3 is 20.1 Å². The van der Waals surface area contributed by atoms with Crippen molar-refractivity contribution in [2.24, 2.45) is 0 Å². The summed E-state index contributed by atoms with van der Waals surface area (Å²) in [5, 5.41) is 12.6. The van der Waals surface area contributed by atoms with Crippen molar-refractivity contribution in [1.82, 2.24) is 10.2 Å². The van der Waals surface area contributed by atoms with E-state index < -0.39 is 6.10 Å². The minimum Gasteiger partial charge on any atom is -0.490 e. The highest BCUT2D eigenvalue weighted by molar-refractivity contribution is 6.32. The Kier molecular flexibility index (Phi) is 4.50. The van der Waals surface area contributed by atoms with Gasteiger partial charge in [-0.2, -0.15) is 0 Å². The number of benzene rings is 1. The smallest absolute Gasteiger partial charge is 0.317 e. The van der Waals surface area contributed by atoms with Crippen molar-refractivity contribution >= 4 is 17.6 Å². The largest absolute Gasteiger partial charge is 0.490 e. The number of aliphatic hydroxyl groups excluding tert-OH is 1. The third-order valence-corrected chi connectivity index (χ3v) is 3.30. The van der Waals surface area contributed by atoms with E-state index in [1.807, 2.05) is 0 Å². The highest BCUT2D eigenvalue weighted by Crippen LogP contribution is 2.27. The second-order valence-electron chi connectivity index (χ2n) is 4.43. The zero-order chi connectivity index (χ0) is 13.8. The maximum Gasteiger partial charge on any atom is 0.317 e. The zero-order valence-corrected chi connectivity index (χ0v) is 11.5. The quantitative estimate of drug-likeness (QED) is 0.867. The number of urea groups is 1. The van der Waals surface area contributed by atoms with E-state index in [9.17, 15) is 9.90 Å². The van der Waals surface area contributed by atoms with E-state index >= 15 is 0 Å². The number of hydrogen-bond acceptors (Lipinski definition) is 3. The van der Waals surface area contributed by atoms with Crippen molar-refractivity contribution < 1.29 is 14.6 Å². The maximum atomic E-state index is 11.3. The SMILES string of the molecule is C[C@@H](O)c1ccc(OCCN2CCNC2=O)c(Cl)c1. The lowest BCUT2D eigenvalue weighted by Gasteiger charge is -2.15. The Morgan fingerprint density at radius 3 is 2.95 bits per heavy atom. The van der Waals surface area contributed by atoms with Crippen LogP contribution in [-0.4, -0.2) is 42.3 Å². The summed E-state index contributed by atoms with van der Waals surface area (Å²) in [7, 11) is 0. The third kappa shape index (κ3) is 3.52. The van der Waals surface area contributed by atoms with Crippen LogP contribution in [0.15, 0.2) is 18.2 Å². The minimum absolute atomic E-state index is 0.0563. The topological polar surface area (TPSA) is 61.8 Å². The van der Waals surface area contributed by atoms with Gasteiger partial charge in [0.2, 0.25) is 0 Å². The maximum absolute atomic E-state index is 11.3. The van der Waals surface area contributed by atoms with Crippen molar-refractivity contribution in [2.45, 2.75) is 13.0 Å². The summed E-state index contributed by atoms with van der Waals surface area (Å²) >= 11 is 6.07. The van der Waals surface area contributed by atoms with Crippen LogP contribution in [0.1, 0.15) is 18.6 Å². The molecule has 1 fully saturated rings. The molecule has 1 aromatic carbocycles. The van der Waals surface area contributed by atoms with E-state index in [0.717, 1.165) is 5.56 Å². The third-order valence-electron chi connectivity index (χ3n) is 3.00. The molecule has 0 unspecified atom stereocenters. The molecule has 19 heavy (non-hydrogen) atoms. The molecular weight excluding hydrogens is 268 g/mol. The van der Waals surface area contributed by atoms with Gasteiger partial charge in [-0.1, -0.05) is 17.7 Å². The molecule has 104 valence electrons. The fourth-order valence-corrected chi connectivity index (χ4v) is 2.13. The molecule has 2 N–H and O–H groups in total. The molecule has 1 aromatic rings. The van der Waals surface area contributed by atoms with Gasteiger partial charge >= 0.3 is 6.03 Å². The van der Waals surface area contributed by atoms with E-state index in [1.165, 1.54) is 0 Å². The van der Waals surface area contributed by atoms with E-state index in [1.54, 1.807) is 30.0 Å². The molecule has 0 aromatic heterocycles. The lowest BCUT2D eigenvalue weighted by Crippen LogP contribution is -2.31. The van der Waals surface area contributed by atoms with Crippen molar-refractivity contribution in [2.75, 3.05) is 26.2 Å². The first kappa shape index (κ1) is 14.0. The van der Waals surface area contributed by atoms with Gasteiger partial charge in [0, 0.05) is 13.1 Å². The average Bonchev–Trinajstić information content (AvgIpc) is 2.77. The predicted octanol–water partition coefficient (Wildman–Crippen LogP) is 1.80. The van der Waals surface area contributed by atoms with Crippen LogP contribution in [0.4, 0.5) is 4.79 Å². The van der Waals surface area contributed by atoms with Crippen LogP contribution in [0.2, 0.25) is 5.02 Å². The molecule has 0 bridgehead atoms. The van der Waals surface area contributed by atoms with Crippen LogP contribution < -0.4 is 10.1 Å². The first-order chi connectivity index (χ1) is 9.08. The van der Waals surface area contributed by atoms with E-state index in [4.69, 9.17) is 16.3 Å². The second-order valence-corrected chi connectivity index (χ2v) is 4.84. The number of nitrogens with one attached hydrogen (secondary N) is 1. The van der Waals surface area contributed by atoms with Crippen LogP contribution in [0.5, 0.6) is 5.75 Å². The molecule has 0 spiro atoms. The molecule has 1 aliphatic rings. The van der Waals surface area contributed by atoms with Gasteiger partial charge in [-0.3, -0.25) is 0 Å². The Morgan fingerprint density at radius 2 is 2.37 bits per heavy atom. The first-order valence-corrected chi connectivity index (χ1v) is 6.59. The molecule has 6 heteroatoms. The van der Waals surface area contributed by atoms with E-state index in [2.05, 4.69) is 5.32 Å². The number of carbonyl (C=O) groups excluding carboxylic acids is 1. The normalized spacial score (nSPS) is 16.4. The van der Waals surface area contributed by atoms with Gasteiger partial charge in [-0.05, 0) is 24.6 Å². The first-order valence-electron chi connectivity index (χ1n) is 6.21. The summed E-state index contributed by atoms with van der Waals surface area (Å²) in [5.74, 6) is 0.561. The fourth-order valence-electron chi connectivity index (χ4n) is 1.88. The number of hydrogen-bond donors (Lipinski definition) is 2. The number of ether oxygens (including phenoxy) is 1. The Labute approximate surface area is 117 Å². The summed E-state index contributed by atoms with van der Waals surface area (Å²) in [4.78, 5) is 13.0. The number of aliphatic hydroxyl groups is 1. The highest BCUT2D eigenvalue weighted by Gasteiger charge is 2.18. The summed E-state index contributed by atoms with van der Waals surface area (Å²) < 4.78 is 5.55. The van der Waals surface area contributed by atoms with E-state index in [0.29, 0.717) is 37.0 Å². The molecule has 0 saturated carbocycles. The van der Waals surface area contributed by atoms with Crippen LogP contribution in [0.25, 0.3) is 0 Å². The molecule has 0 aliphatic carbocycles. The molecule has 1 saturated heterocycles. The van der Waals surface area contributed by atoms with Gasteiger partial charge in [-0.25, -0.2) is 4.79 Å². The van der Waals surface area contributed by atoms with Crippen molar-refractivity contribution in [1.29, 1.82) is 0 Å². The average molecular weight is 285 g/mol. The van der Waals surface area contributed by atoms with Gasteiger partial charge in [-0.15, -0.1) is 0 Å². The van der Waals surface area contributed by atoms with Gasteiger partial charge in [0.05, 0.1) is 17.7 Å². The molecule has 1 heterocycles. The summed E-state index contributed by atoms with van der Waals surface area (Å²) in [6.45, 7) is 3.99. The molecule has 5 nitrogen and oxygen atoms in total. The number of nitrogens with zero attached hydrogens (tertiary/aromatic N) is 1. The van der Waals surface area contributed by atoms with Crippen LogP contribution >= 0.6 is 11.6 Å². The monoisotopic (exact) mass is 284 g/mol. The van der Waals surface area contributed by atoms with Crippen LogP contribution in [-0.2, 0) is 0 Å². The van der Waals surface area contributed by atoms with Crippen LogP contribution in [0, 0.1) is 0 Å². The Morgan fingerprint density at radius 1 is 1.58 bits per heavy atom. The Hall–Kier alpha value is -1.46.